The predicted molar refractivity (Wildman–Crippen MR) is 70.0 cm³/mol. The Morgan fingerprint density at radius 3 is 2.63 bits per heavy atom. The average Bonchev–Trinajstić information content (AvgIpc) is 2.43. The Morgan fingerprint density at radius 2 is 2.00 bits per heavy atom. The number of aliphatic hydroxyl groups is 1. The highest BCUT2D eigenvalue weighted by molar-refractivity contribution is 5.87. The molecule has 0 saturated carbocycles. The van der Waals surface area contributed by atoms with E-state index in [4.69, 9.17) is 10.8 Å². The number of nitrogens with two attached hydrogens (primary N) is 1. The zero-order chi connectivity index (χ0) is 13.8. The quantitative estimate of drug-likeness (QED) is 0.813. The minimum atomic E-state index is -0.582. The van der Waals surface area contributed by atoms with E-state index in [1.165, 1.54) is 4.90 Å². The third-order valence-electron chi connectivity index (χ3n) is 3.45. The molecule has 2 rings (SSSR count). The summed E-state index contributed by atoms with van der Waals surface area (Å²) in [7, 11) is 0. The average molecular weight is 262 g/mol. The number of nitrogens with zero attached hydrogens (tertiary/aromatic N) is 1. The first-order valence-electron chi connectivity index (χ1n) is 6.40. The van der Waals surface area contributed by atoms with Gasteiger partial charge in [0.15, 0.2) is 0 Å². The van der Waals surface area contributed by atoms with E-state index in [2.05, 4.69) is 0 Å². The monoisotopic (exact) mass is 262 g/mol. The van der Waals surface area contributed by atoms with Crippen LogP contribution in [0.3, 0.4) is 0 Å². The summed E-state index contributed by atoms with van der Waals surface area (Å²) in [6.07, 6.45) is 1.11. The Morgan fingerprint density at radius 1 is 1.32 bits per heavy atom. The number of benzene rings is 1. The van der Waals surface area contributed by atoms with Gasteiger partial charge in [0.25, 0.3) is 0 Å². The van der Waals surface area contributed by atoms with Gasteiger partial charge < -0.3 is 15.7 Å². The summed E-state index contributed by atoms with van der Waals surface area (Å²) in [4.78, 5) is 25.1. The molecule has 1 aromatic carbocycles. The normalized spacial score (nSPS) is 17.9. The second kappa shape index (κ2) is 5.84. The maximum atomic E-state index is 12.1. The minimum Gasteiger partial charge on any atom is -0.396 e. The van der Waals surface area contributed by atoms with Gasteiger partial charge in [-0.1, -0.05) is 24.3 Å². The molecular formula is C14H18N2O3. The molecule has 0 saturated heterocycles. The number of primary amides is 1. The first-order valence-corrected chi connectivity index (χ1v) is 6.40. The molecule has 1 aliphatic rings. The first-order chi connectivity index (χ1) is 9.13. The van der Waals surface area contributed by atoms with E-state index >= 15 is 0 Å². The lowest BCUT2D eigenvalue weighted by Gasteiger charge is -2.35. The molecule has 0 aliphatic carbocycles. The third kappa shape index (κ3) is 2.93. The molecule has 0 fully saturated rings. The topological polar surface area (TPSA) is 83.6 Å². The van der Waals surface area contributed by atoms with Crippen molar-refractivity contribution in [1.82, 2.24) is 4.90 Å². The van der Waals surface area contributed by atoms with Gasteiger partial charge in [0.05, 0.1) is 0 Å². The summed E-state index contributed by atoms with van der Waals surface area (Å²) in [5.41, 5.74) is 7.52. The van der Waals surface area contributed by atoms with Gasteiger partial charge in [-0.3, -0.25) is 9.59 Å². The van der Waals surface area contributed by atoms with Crippen molar-refractivity contribution < 1.29 is 14.7 Å². The second-order valence-electron chi connectivity index (χ2n) is 4.74. The number of rotatable bonds is 4. The van der Waals surface area contributed by atoms with E-state index in [0.717, 1.165) is 11.1 Å². The Bertz CT molecular complexity index is 487. The predicted octanol–water partition coefficient (Wildman–Crippen LogP) is 0.198. The molecule has 3 N–H and O–H groups in total. The smallest absolute Gasteiger partial charge is 0.240 e. The van der Waals surface area contributed by atoms with E-state index in [9.17, 15) is 9.59 Å². The highest BCUT2D eigenvalue weighted by Gasteiger charge is 2.32. The molecule has 1 atom stereocenters. The van der Waals surface area contributed by atoms with Crippen LogP contribution in [0, 0.1) is 0 Å². The number of amides is 2. The van der Waals surface area contributed by atoms with Crippen LogP contribution < -0.4 is 5.73 Å². The van der Waals surface area contributed by atoms with Gasteiger partial charge >= 0.3 is 0 Å². The minimum absolute atomic E-state index is 0.0304. The summed E-state index contributed by atoms with van der Waals surface area (Å²) in [6.45, 7) is 0.380. The largest absolute Gasteiger partial charge is 0.396 e. The number of aliphatic hydroxyl groups excluding tert-OH is 1. The zero-order valence-electron chi connectivity index (χ0n) is 10.7. The molecule has 5 heteroatoms. The molecule has 5 nitrogen and oxygen atoms in total. The Hall–Kier alpha value is -1.88. The van der Waals surface area contributed by atoms with Crippen LogP contribution in [0.1, 0.15) is 24.0 Å². The standard InChI is InChI=1S/C14H18N2O3/c15-14(19)12-8-10-4-1-2-5-11(10)9-16(12)13(18)6-3-7-17/h1-2,4-5,12,17H,3,6-9H2,(H2,15,19)/t12-/m0/s1. The fourth-order valence-corrected chi connectivity index (χ4v) is 2.41. The van der Waals surface area contributed by atoms with E-state index in [-0.39, 0.29) is 18.9 Å². The van der Waals surface area contributed by atoms with Crippen LogP contribution in [0.4, 0.5) is 0 Å². The summed E-state index contributed by atoms with van der Waals surface area (Å²) >= 11 is 0. The van der Waals surface area contributed by atoms with Crippen molar-refractivity contribution in [2.75, 3.05) is 6.61 Å². The van der Waals surface area contributed by atoms with Crippen LogP contribution in [0.15, 0.2) is 24.3 Å². The molecule has 1 aliphatic heterocycles. The lowest BCUT2D eigenvalue weighted by atomic mass is 9.93. The van der Waals surface area contributed by atoms with Crippen molar-refractivity contribution in [2.24, 2.45) is 5.73 Å². The summed E-state index contributed by atoms with van der Waals surface area (Å²) in [6, 6.07) is 7.17. The number of hydrogen-bond acceptors (Lipinski definition) is 3. The summed E-state index contributed by atoms with van der Waals surface area (Å²) in [5, 5.41) is 8.78. The van der Waals surface area contributed by atoms with Gasteiger partial charge in [-0.25, -0.2) is 0 Å². The highest BCUT2D eigenvalue weighted by atomic mass is 16.3. The van der Waals surface area contributed by atoms with Crippen LogP contribution in [-0.2, 0) is 22.6 Å². The van der Waals surface area contributed by atoms with E-state index in [0.29, 0.717) is 19.4 Å². The van der Waals surface area contributed by atoms with Crippen molar-refractivity contribution in [3.05, 3.63) is 35.4 Å². The molecule has 0 aromatic heterocycles. The fourth-order valence-electron chi connectivity index (χ4n) is 2.41. The number of hydrogen-bond donors (Lipinski definition) is 2. The van der Waals surface area contributed by atoms with Gasteiger partial charge in [0.2, 0.25) is 11.8 Å². The molecule has 1 heterocycles. The van der Waals surface area contributed by atoms with E-state index in [1.54, 1.807) is 0 Å². The Labute approximate surface area is 112 Å². The maximum Gasteiger partial charge on any atom is 0.240 e. The van der Waals surface area contributed by atoms with Gasteiger partial charge in [0, 0.05) is 26.0 Å². The number of carbonyl (C=O) groups excluding carboxylic acids is 2. The maximum absolute atomic E-state index is 12.1. The molecule has 1 aromatic rings. The van der Waals surface area contributed by atoms with Crippen LogP contribution in [0.2, 0.25) is 0 Å². The lowest BCUT2D eigenvalue weighted by molar-refractivity contribution is -0.140. The summed E-state index contributed by atoms with van der Waals surface area (Å²) in [5.74, 6) is -0.612. The van der Waals surface area contributed by atoms with Crippen LogP contribution in [-0.4, -0.2) is 34.5 Å². The number of carbonyl (C=O) groups is 2. The van der Waals surface area contributed by atoms with Crippen molar-refractivity contribution in [2.45, 2.75) is 31.8 Å². The molecule has 0 spiro atoms. The van der Waals surface area contributed by atoms with Gasteiger partial charge in [-0.05, 0) is 17.5 Å². The SMILES string of the molecule is NC(=O)[C@@H]1Cc2ccccc2CN1C(=O)CCCO. The molecule has 19 heavy (non-hydrogen) atoms. The van der Waals surface area contributed by atoms with Crippen LogP contribution in [0.5, 0.6) is 0 Å². The van der Waals surface area contributed by atoms with Crippen molar-refractivity contribution >= 4 is 11.8 Å². The van der Waals surface area contributed by atoms with Crippen molar-refractivity contribution in [3.63, 3.8) is 0 Å². The van der Waals surface area contributed by atoms with E-state index in [1.807, 2.05) is 24.3 Å². The van der Waals surface area contributed by atoms with Crippen molar-refractivity contribution in [3.8, 4) is 0 Å². The molecule has 2 amide bonds. The second-order valence-corrected chi connectivity index (χ2v) is 4.74. The fraction of sp³-hybridized carbons (Fsp3) is 0.429. The molecule has 0 radical (unpaired) electrons. The van der Waals surface area contributed by atoms with Gasteiger partial charge in [-0.2, -0.15) is 0 Å². The summed E-state index contributed by atoms with van der Waals surface area (Å²) < 4.78 is 0. The molecular weight excluding hydrogens is 244 g/mol. The van der Waals surface area contributed by atoms with E-state index < -0.39 is 11.9 Å². The Balaban J connectivity index is 2.21. The lowest BCUT2D eigenvalue weighted by Crippen LogP contribution is -2.51. The third-order valence-corrected chi connectivity index (χ3v) is 3.45. The van der Waals surface area contributed by atoms with Crippen LogP contribution >= 0.6 is 0 Å². The molecule has 102 valence electrons. The zero-order valence-corrected chi connectivity index (χ0v) is 10.7. The first kappa shape index (κ1) is 13.5. The molecule has 0 unspecified atom stereocenters. The number of fused-ring (bicyclic) bond motifs is 1. The molecule has 0 bridgehead atoms. The Kier molecular flexibility index (Phi) is 4.16. The van der Waals surface area contributed by atoms with Crippen LogP contribution in [0.25, 0.3) is 0 Å². The van der Waals surface area contributed by atoms with Gasteiger partial charge in [0.1, 0.15) is 6.04 Å². The van der Waals surface area contributed by atoms with Gasteiger partial charge in [-0.15, -0.1) is 0 Å². The highest BCUT2D eigenvalue weighted by Crippen LogP contribution is 2.24. The van der Waals surface area contributed by atoms with Crippen molar-refractivity contribution in [1.29, 1.82) is 0 Å².